The Balaban J connectivity index is 1.67. The third kappa shape index (κ3) is 3.82. The molecule has 1 aliphatic rings. The van der Waals surface area contributed by atoms with Gasteiger partial charge in [-0.1, -0.05) is 6.07 Å². The normalized spacial score (nSPS) is 21.0. The number of aliphatic hydroxyl groups is 1. The van der Waals surface area contributed by atoms with Gasteiger partial charge in [-0.15, -0.1) is 11.3 Å². The van der Waals surface area contributed by atoms with Gasteiger partial charge in [-0.3, -0.25) is 4.90 Å². The number of aliphatic hydroxyl groups excluding tert-OH is 1. The minimum atomic E-state index is -0.360. The van der Waals surface area contributed by atoms with E-state index in [4.69, 9.17) is 0 Å². The Bertz CT molecular complexity index is 617. The first-order valence-electron chi connectivity index (χ1n) is 8.30. The molecule has 2 aromatic rings. The second-order valence-electron chi connectivity index (χ2n) is 7.29. The van der Waals surface area contributed by atoms with Gasteiger partial charge in [0.2, 0.25) is 0 Å². The van der Waals surface area contributed by atoms with Crippen LogP contribution in [0.2, 0.25) is 0 Å². The summed E-state index contributed by atoms with van der Waals surface area (Å²) in [5, 5.41) is 16.9. The first-order valence-corrected chi connectivity index (χ1v) is 9.18. The largest absolute Gasteiger partial charge is 0.388 e. The number of thiophene rings is 1. The van der Waals surface area contributed by atoms with Crippen molar-refractivity contribution < 1.29 is 5.11 Å². The molecule has 0 bridgehead atoms. The molecule has 126 valence electrons. The first kappa shape index (κ1) is 16.6. The zero-order valence-electron chi connectivity index (χ0n) is 14.1. The van der Waals surface area contributed by atoms with E-state index < -0.39 is 0 Å². The third-order valence-corrected chi connectivity index (χ3v) is 5.44. The molecule has 1 N–H and O–H groups in total. The predicted octanol–water partition coefficient (Wildman–Crippen LogP) is 3.18. The van der Waals surface area contributed by atoms with E-state index in [0.29, 0.717) is 6.04 Å². The van der Waals surface area contributed by atoms with Crippen LogP contribution in [0, 0.1) is 0 Å². The SMILES string of the molecule is CC(C)(C)n1ncnc1CN1CCC[C@@H]1C[C@H](O)c1cccs1. The van der Waals surface area contributed by atoms with Crippen LogP contribution in [0.15, 0.2) is 23.8 Å². The maximum absolute atomic E-state index is 10.4. The monoisotopic (exact) mass is 334 g/mol. The second-order valence-corrected chi connectivity index (χ2v) is 8.27. The number of aromatic nitrogens is 3. The zero-order chi connectivity index (χ0) is 16.4. The number of likely N-dealkylation sites (tertiary alicyclic amines) is 1. The number of rotatable bonds is 5. The minimum Gasteiger partial charge on any atom is -0.388 e. The maximum Gasteiger partial charge on any atom is 0.141 e. The minimum absolute atomic E-state index is 0.0580. The summed E-state index contributed by atoms with van der Waals surface area (Å²) >= 11 is 1.63. The molecule has 2 aromatic heterocycles. The van der Waals surface area contributed by atoms with E-state index in [0.717, 1.165) is 36.6 Å². The van der Waals surface area contributed by atoms with Gasteiger partial charge < -0.3 is 5.11 Å². The fraction of sp³-hybridized carbons (Fsp3) is 0.647. The molecule has 1 aliphatic heterocycles. The Morgan fingerprint density at radius 1 is 1.43 bits per heavy atom. The van der Waals surface area contributed by atoms with E-state index in [2.05, 4.69) is 35.8 Å². The topological polar surface area (TPSA) is 54.2 Å². The van der Waals surface area contributed by atoms with E-state index in [1.54, 1.807) is 17.7 Å². The van der Waals surface area contributed by atoms with E-state index in [-0.39, 0.29) is 11.6 Å². The Kier molecular flexibility index (Phi) is 4.85. The summed E-state index contributed by atoms with van der Waals surface area (Å²) in [5.74, 6) is 1.01. The van der Waals surface area contributed by atoms with Crippen molar-refractivity contribution in [2.75, 3.05) is 6.54 Å². The average molecular weight is 334 g/mol. The van der Waals surface area contributed by atoms with E-state index in [1.807, 2.05) is 22.2 Å². The molecule has 5 nitrogen and oxygen atoms in total. The van der Waals surface area contributed by atoms with E-state index in [9.17, 15) is 5.11 Å². The molecule has 2 atom stereocenters. The Labute approximate surface area is 142 Å². The first-order chi connectivity index (χ1) is 10.9. The van der Waals surface area contributed by atoms with Crippen LogP contribution in [0.1, 0.15) is 56.8 Å². The number of nitrogens with zero attached hydrogens (tertiary/aromatic N) is 4. The lowest BCUT2D eigenvalue weighted by Crippen LogP contribution is -2.34. The number of hydrogen-bond acceptors (Lipinski definition) is 5. The summed E-state index contributed by atoms with van der Waals surface area (Å²) in [6.45, 7) is 8.31. The van der Waals surface area contributed by atoms with Crippen LogP contribution in [0.3, 0.4) is 0 Å². The summed E-state index contributed by atoms with van der Waals surface area (Å²) in [5.41, 5.74) is -0.0580. The van der Waals surface area contributed by atoms with Gasteiger partial charge in [-0.25, -0.2) is 9.67 Å². The van der Waals surface area contributed by atoms with Crippen LogP contribution >= 0.6 is 11.3 Å². The molecule has 3 rings (SSSR count). The second kappa shape index (κ2) is 6.71. The summed E-state index contributed by atoms with van der Waals surface area (Å²) in [4.78, 5) is 7.97. The summed E-state index contributed by atoms with van der Waals surface area (Å²) in [6.07, 6.45) is 4.41. The van der Waals surface area contributed by atoms with Crippen molar-refractivity contribution in [2.45, 2.75) is 64.3 Å². The number of hydrogen-bond donors (Lipinski definition) is 1. The van der Waals surface area contributed by atoms with Gasteiger partial charge in [-0.05, 0) is 58.0 Å². The molecular formula is C17H26N4OS. The molecule has 0 unspecified atom stereocenters. The van der Waals surface area contributed by atoms with Crippen molar-refractivity contribution in [3.05, 3.63) is 34.5 Å². The Hall–Kier alpha value is -1.24. The van der Waals surface area contributed by atoms with Gasteiger partial charge in [0.15, 0.2) is 0 Å². The van der Waals surface area contributed by atoms with Crippen LogP contribution in [-0.4, -0.2) is 37.4 Å². The van der Waals surface area contributed by atoms with E-state index >= 15 is 0 Å². The summed E-state index contributed by atoms with van der Waals surface area (Å²) in [6, 6.07) is 4.43. The lowest BCUT2D eigenvalue weighted by atomic mass is 10.1. The molecule has 0 amide bonds. The van der Waals surface area contributed by atoms with Gasteiger partial charge in [0, 0.05) is 10.9 Å². The van der Waals surface area contributed by atoms with Crippen molar-refractivity contribution in [3.8, 4) is 0 Å². The molecule has 0 spiro atoms. The van der Waals surface area contributed by atoms with Gasteiger partial charge in [0.05, 0.1) is 18.2 Å². The molecule has 0 radical (unpaired) electrons. The van der Waals surface area contributed by atoms with Gasteiger partial charge in [0.25, 0.3) is 0 Å². The predicted molar refractivity (Wildman–Crippen MR) is 92.3 cm³/mol. The Morgan fingerprint density at radius 2 is 2.26 bits per heavy atom. The molecule has 3 heterocycles. The van der Waals surface area contributed by atoms with Gasteiger partial charge >= 0.3 is 0 Å². The molecule has 1 fully saturated rings. The molecule has 0 aliphatic carbocycles. The van der Waals surface area contributed by atoms with Crippen LogP contribution < -0.4 is 0 Å². The smallest absolute Gasteiger partial charge is 0.141 e. The Morgan fingerprint density at radius 3 is 2.96 bits per heavy atom. The standard InChI is InChI=1S/C17H26N4OS/c1-17(2,3)21-16(18-12-19-21)11-20-8-4-6-13(20)10-14(22)15-7-5-9-23-15/h5,7,9,12-14,22H,4,6,8,10-11H2,1-3H3/t13-,14+/m1/s1. The highest BCUT2D eigenvalue weighted by atomic mass is 32.1. The van der Waals surface area contributed by atoms with Crippen LogP contribution in [0.4, 0.5) is 0 Å². The highest BCUT2D eigenvalue weighted by molar-refractivity contribution is 7.10. The van der Waals surface area contributed by atoms with Crippen molar-refractivity contribution in [1.82, 2.24) is 19.7 Å². The van der Waals surface area contributed by atoms with E-state index in [1.165, 1.54) is 6.42 Å². The lowest BCUT2D eigenvalue weighted by molar-refractivity contribution is 0.117. The molecule has 0 saturated carbocycles. The van der Waals surface area contributed by atoms with Crippen molar-refractivity contribution in [2.24, 2.45) is 0 Å². The zero-order valence-corrected chi connectivity index (χ0v) is 15.0. The highest BCUT2D eigenvalue weighted by Gasteiger charge is 2.29. The van der Waals surface area contributed by atoms with Crippen molar-refractivity contribution >= 4 is 11.3 Å². The lowest BCUT2D eigenvalue weighted by Gasteiger charge is -2.28. The maximum atomic E-state index is 10.4. The molecule has 6 heteroatoms. The third-order valence-electron chi connectivity index (χ3n) is 4.46. The van der Waals surface area contributed by atoms with Gasteiger partial charge in [-0.2, -0.15) is 5.10 Å². The van der Waals surface area contributed by atoms with Gasteiger partial charge in [0.1, 0.15) is 12.2 Å². The van der Waals surface area contributed by atoms with Crippen LogP contribution in [-0.2, 0) is 12.1 Å². The molecule has 23 heavy (non-hydrogen) atoms. The van der Waals surface area contributed by atoms with Crippen molar-refractivity contribution in [3.63, 3.8) is 0 Å². The molecule has 1 saturated heterocycles. The summed E-state index contributed by atoms with van der Waals surface area (Å²) < 4.78 is 2.01. The molecular weight excluding hydrogens is 308 g/mol. The fourth-order valence-electron chi connectivity index (χ4n) is 3.34. The fourth-order valence-corrected chi connectivity index (χ4v) is 4.06. The van der Waals surface area contributed by atoms with Crippen LogP contribution in [0.5, 0.6) is 0 Å². The van der Waals surface area contributed by atoms with Crippen LogP contribution in [0.25, 0.3) is 0 Å². The summed E-state index contributed by atoms with van der Waals surface area (Å²) in [7, 11) is 0. The highest BCUT2D eigenvalue weighted by Crippen LogP contribution is 2.30. The van der Waals surface area contributed by atoms with Crippen molar-refractivity contribution in [1.29, 1.82) is 0 Å². The molecule has 0 aromatic carbocycles. The average Bonchev–Trinajstić information content (AvgIpc) is 3.19. The quantitative estimate of drug-likeness (QED) is 0.912.